The molecule has 0 spiro atoms. The molecule has 0 aromatic heterocycles. The first-order chi connectivity index (χ1) is 10.1. The third kappa shape index (κ3) is 4.89. The SMILES string of the molecule is CC(CCC(=O)NC1C(O)OC(CO)C(O)C1O)C(C)(C)C. The van der Waals surface area contributed by atoms with Gasteiger partial charge in [-0.3, -0.25) is 4.79 Å². The molecule has 0 aliphatic carbocycles. The minimum absolute atomic E-state index is 0.0950. The highest BCUT2D eigenvalue weighted by Crippen LogP contribution is 2.29. The maximum Gasteiger partial charge on any atom is 0.220 e. The van der Waals surface area contributed by atoms with Crippen molar-refractivity contribution in [3.05, 3.63) is 0 Å². The lowest BCUT2D eigenvalue weighted by molar-refractivity contribution is -0.253. The Bertz CT molecular complexity index is 370. The Morgan fingerprint density at radius 3 is 2.32 bits per heavy atom. The highest BCUT2D eigenvalue weighted by molar-refractivity contribution is 5.76. The van der Waals surface area contributed by atoms with E-state index in [-0.39, 0.29) is 17.7 Å². The molecule has 7 heteroatoms. The van der Waals surface area contributed by atoms with Crippen molar-refractivity contribution in [1.82, 2.24) is 5.32 Å². The smallest absolute Gasteiger partial charge is 0.220 e. The average molecular weight is 319 g/mol. The van der Waals surface area contributed by atoms with Gasteiger partial charge in [0.15, 0.2) is 6.29 Å². The Labute approximate surface area is 131 Å². The Morgan fingerprint density at radius 2 is 1.82 bits per heavy atom. The zero-order valence-electron chi connectivity index (χ0n) is 13.7. The molecule has 22 heavy (non-hydrogen) atoms. The summed E-state index contributed by atoms with van der Waals surface area (Å²) < 4.78 is 4.99. The molecule has 0 saturated carbocycles. The summed E-state index contributed by atoms with van der Waals surface area (Å²) in [6.45, 7) is 7.84. The quantitative estimate of drug-likeness (QED) is 0.460. The van der Waals surface area contributed by atoms with Gasteiger partial charge < -0.3 is 30.5 Å². The maximum absolute atomic E-state index is 12.0. The molecule has 7 nitrogen and oxygen atoms in total. The van der Waals surface area contributed by atoms with Crippen molar-refractivity contribution in [2.45, 2.75) is 71.2 Å². The molecular weight excluding hydrogens is 290 g/mol. The number of carbonyl (C=O) groups excluding carboxylic acids is 1. The number of carbonyl (C=O) groups is 1. The lowest BCUT2D eigenvalue weighted by Crippen LogP contribution is -2.64. The standard InChI is InChI=1S/C15H29NO6/c1-8(15(2,3)4)5-6-10(18)16-11-13(20)12(19)9(7-17)22-14(11)21/h8-9,11-14,17,19-21H,5-7H2,1-4H3,(H,16,18). The first-order valence-electron chi connectivity index (χ1n) is 7.67. The van der Waals surface area contributed by atoms with Crippen molar-refractivity contribution in [3.63, 3.8) is 0 Å². The van der Waals surface area contributed by atoms with Gasteiger partial charge in [0, 0.05) is 6.42 Å². The second kappa shape index (κ2) is 7.70. The molecule has 0 aromatic rings. The number of aliphatic hydroxyl groups is 4. The van der Waals surface area contributed by atoms with Crippen LogP contribution in [0.4, 0.5) is 0 Å². The van der Waals surface area contributed by atoms with Crippen LogP contribution in [-0.4, -0.2) is 63.6 Å². The number of aliphatic hydroxyl groups excluding tert-OH is 4. The summed E-state index contributed by atoms with van der Waals surface area (Å²) in [4.78, 5) is 12.0. The Morgan fingerprint density at radius 1 is 1.23 bits per heavy atom. The van der Waals surface area contributed by atoms with Crippen LogP contribution in [0.2, 0.25) is 0 Å². The molecule has 1 saturated heterocycles. The Kier molecular flexibility index (Phi) is 6.76. The van der Waals surface area contributed by atoms with Crippen LogP contribution in [0.3, 0.4) is 0 Å². The Hall–Kier alpha value is -0.730. The molecule has 6 atom stereocenters. The van der Waals surface area contributed by atoms with Crippen LogP contribution in [0, 0.1) is 11.3 Å². The normalized spacial score (nSPS) is 34.3. The highest BCUT2D eigenvalue weighted by Gasteiger charge is 2.44. The summed E-state index contributed by atoms with van der Waals surface area (Å²) in [7, 11) is 0. The summed E-state index contributed by atoms with van der Waals surface area (Å²) in [5, 5.41) is 41.0. The van der Waals surface area contributed by atoms with E-state index in [1.165, 1.54) is 0 Å². The molecular formula is C15H29NO6. The Balaban J connectivity index is 2.53. The largest absolute Gasteiger partial charge is 0.394 e. The molecule has 6 unspecified atom stereocenters. The van der Waals surface area contributed by atoms with Gasteiger partial charge in [-0.2, -0.15) is 0 Å². The van der Waals surface area contributed by atoms with Crippen LogP contribution in [-0.2, 0) is 9.53 Å². The minimum Gasteiger partial charge on any atom is -0.394 e. The first-order valence-corrected chi connectivity index (χ1v) is 7.67. The van der Waals surface area contributed by atoms with Gasteiger partial charge in [0.2, 0.25) is 5.91 Å². The van der Waals surface area contributed by atoms with E-state index in [4.69, 9.17) is 9.84 Å². The van der Waals surface area contributed by atoms with Crippen molar-refractivity contribution in [1.29, 1.82) is 0 Å². The maximum atomic E-state index is 12.0. The van der Waals surface area contributed by atoms with E-state index >= 15 is 0 Å². The van der Waals surface area contributed by atoms with E-state index in [0.29, 0.717) is 12.3 Å². The van der Waals surface area contributed by atoms with Crippen LogP contribution in [0.5, 0.6) is 0 Å². The molecule has 130 valence electrons. The number of rotatable bonds is 5. The third-order valence-electron chi connectivity index (χ3n) is 4.51. The van der Waals surface area contributed by atoms with E-state index in [2.05, 4.69) is 33.0 Å². The molecule has 1 amide bonds. The van der Waals surface area contributed by atoms with Gasteiger partial charge in [0.05, 0.1) is 6.61 Å². The van der Waals surface area contributed by atoms with Gasteiger partial charge in [-0.15, -0.1) is 0 Å². The van der Waals surface area contributed by atoms with E-state index < -0.39 is 37.3 Å². The van der Waals surface area contributed by atoms with Crippen molar-refractivity contribution in [3.8, 4) is 0 Å². The van der Waals surface area contributed by atoms with Crippen molar-refractivity contribution < 1.29 is 30.0 Å². The topological polar surface area (TPSA) is 119 Å². The third-order valence-corrected chi connectivity index (χ3v) is 4.51. The number of hydrogen-bond acceptors (Lipinski definition) is 6. The van der Waals surface area contributed by atoms with Gasteiger partial charge in [-0.05, 0) is 17.8 Å². The van der Waals surface area contributed by atoms with Gasteiger partial charge in [0.25, 0.3) is 0 Å². The highest BCUT2D eigenvalue weighted by atomic mass is 16.6. The number of ether oxygens (including phenoxy) is 1. The second-order valence-corrected chi connectivity index (χ2v) is 7.13. The zero-order chi connectivity index (χ0) is 17.1. The predicted molar refractivity (Wildman–Crippen MR) is 79.8 cm³/mol. The van der Waals surface area contributed by atoms with Crippen LogP contribution in [0.25, 0.3) is 0 Å². The summed E-state index contributed by atoms with van der Waals surface area (Å²) in [6.07, 6.45) is -4.37. The van der Waals surface area contributed by atoms with Gasteiger partial charge in [-0.1, -0.05) is 27.7 Å². The molecule has 0 bridgehead atoms. The molecule has 1 fully saturated rings. The number of hydrogen-bond donors (Lipinski definition) is 5. The molecule has 5 N–H and O–H groups in total. The number of nitrogens with one attached hydrogen (secondary N) is 1. The van der Waals surface area contributed by atoms with Gasteiger partial charge in [0.1, 0.15) is 24.4 Å². The molecule has 0 aromatic carbocycles. The van der Waals surface area contributed by atoms with Gasteiger partial charge in [-0.25, -0.2) is 0 Å². The summed E-state index contributed by atoms with van der Waals surface area (Å²) in [5.41, 5.74) is 0.0950. The summed E-state index contributed by atoms with van der Waals surface area (Å²) in [5.74, 6) is 0.0116. The van der Waals surface area contributed by atoms with Crippen molar-refractivity contribution in [2.24, 2.45) is 11.3 Å². The minimum atomic E-state index is -1.47. The van der Waals surface area contributed by atoms with Crippen LogP contribution < -0.4 is 5.32 Å². The fourth-order valence-corrected chi connectivity index (χ4v) is 2.29. The summed E-state index contributed by atoms with van der Waals surface area (Å²) in [6, 6.07) is -1.12. The summed E-state index contributed by atoms with van der Waals surface area (Å²) >= 11 is 0. The molecule has 1 aliphatic heterocycles. The van der Waals surface area contributed by atoms with E-state index in [0.717, 1.165) is 0 Å². The average Bonchev–Trinajstić information content (AvgIpc) is 2.43. The van der Waals surface area contributed by atoms with E-state index in [1.807, 2.05) is 0 Å². The van der Waals surface area contributed by atoms with E-state index in [9.17, 15) is 20.1 Å². The molecule has 1 aliphatic rings. The zero-order valence-corrected chi connectivity index (χ0v) is 13.7. The lowest BCUT2D eigenvalue weighted by atomic mass is 9.79. The second-order valence-electron chi connectivity index (χ2n) is 7.13. The van der Waals surface area contributed by atoms with Gasteiger partial charge >= 0.3 is 0 Å². The van der Waals surface area contributed by atoms with E-state index in [1.54, 1.807) is 0 Å². The lowest BCUT2D eigenvalue weighted by Gasteiger charge is -2.40. The molecule has 1 rings (SSSR count). The molecule has 0 radical (unpaired) electrons. The fourth-order valence-electron chi connectivity index (χ4n) is 2.29. The van der Waals surface area contributed by atoms with Crippen LogP contribution >= 0.6 is 0 Å². The fraction of sp³-hybridized carbons (Fsp3) is 0.933. The molecule has 1 heterocycles. The predicted octanol–water partition coefficient (Wildman–Crippen LogP) is -0.635. The monoisotopic (exact) mass is 319 g/mol. The van der Waals surface area contributed by atoms with Crippen LogP contribution in [0.15, 0.2) is 0 Å². The van der Waals surface area contributed by atoms with Crippen molar-refractivity contribution >= 4 is 5.91 Å². The number of amides is 1. The van der Waals surface area contributed by atoms with Crippen LogP contribution in [0.1, 0.15) is 40.5 Å². The first kappa shape index (κ1) is 19.3. The van der Waals surface area contributed by atoms with Crippen molar-refractivity contribution in [2.75, 3.05) is 6.61 Å².